The highest BCUT2D eigenvalue weighted by Crippen LogP contribution is 2.29. The number of hydrogen-bond donors (Lipinski definition) is 1. The molecule has 1 fully saturated rings. The number of hydrogen-bond acceptors (Lipinski definition) is 5. The van der Waals surface area contributed by atoms with E-state index in [2.05, 4.69) is 15.2 Å². The number of carbonyl (C=O) groups excluding carboxylic acids is 2. The van der Waals surface area contributed by atoms with Gasteiger partial charge in [0.1, 0.15) is 5.03 Å². The number of aromatic amines is 1. The number of H-pyrrole nitrogens is 1. The molecule has 2 amide bonds. The molecule has 8 heteroatoms. The minimum absolute atomic E-state index is 0.0286. The summed E-state index contributed by atoms with van der Waals surface area (Å²) >= 11 is 1.48. The molecule has 0 aliphatic carbocycles. The maximum absolute atomic E-state index is 12.9. The third-order valence-corrected chi connectivity index (χ3v) is 6.39. The number of thioether (sulfide) groups is 1. The lowest BCUT2D eigenvalue weighted by molar-refractivity contribution is 0.0707. The van der Waals surface area contributed by atoms with Crippen molar-refractivity contribution in [3.8, 4) is 0 Å². The molecule has 4 rings (SSSR count). The van der Waals surface area contributed by atoms with Crippen molar-refractivity contribution in [1.29, 1.82) is 0 Å². The molecule has 0 atom stereocenters. The van der Waals surface area contributed by atoms with E-state index in [9.17, 15) is 9.59 Å². The molecule has 0 spiro atoms. The number of piperidine rings is 1. The van der Waals surface area contributed by atoms with Gasteiger partial charge in [0, 0.05) is 43.6 Å². The number of carbonyl (C=O) groups is 2. The van der Waals surface area contributed by atoms with Gasteiger partial charge in [-0.1, -0.05) is 18.2 Å². The van der Waals surface area contributed by atoms with Crippen molar-refractivity contribution in [3.63, 3.8) is 0 Å². The Kier molecular flexibility index (Phi) is 6.36. The summed E-state index contributed by atoms with van der Waals surface area (Å²) in [6.45, 7) is 1.33. The Labute approximate surface area is 185 Å². The zero-order chi connectivity index (χ0) is 21.8. The quantitative estimate of drug-likeness (QED) is 0.616. The fourth-order valence-electron chi connectivity index (χ4n) is 3.88. The van der Waals surface area contributed by atoms with Crippen molar-refractivity contribution in [3.05, 3.63) is 71.7 Å². The normalized spacial score (nSPS) is 14.5. The largest absolute Gasteiger partial charge is 0.339 e. The Morgan fingerprint density at radius 2 is 1.87 bits per heavy atom. The van der Waals surface area contributed by atoms with E-state index in [1.165, 1.54) is 11.8 Å². The van der Waals surface area contributed by atoms with Gasteiger partial charge in [-0.05, 0) is 49.4 Å². The van der Waals surface area contributed by atoms with E-state index in [0.717, 1.165) is 29.2 Å². The number of rotatable bonds is 5. The molecular weight excluding hydrogens is 410 g/mol. The Balaban J connectivity index is 1.39. The van der Waals surface area contributed by atoms with Gasteiger partial charge in [-0.3, -0.25) is 14.7 Å². The molecule has 1 aliphatic rings. The molecule has 2 aromatic heterocycles. The van der Waals surface area contributed by atoms with Gasteiger partial charge in [0.2, 0.25) is 0 Å². The number of likely N-dealkylation sites (tertiary alicyclic amines) is 1. The lowest BCUT2D eigenvalue weighted by Gasteiger charge is -2.31. The summed E-state index contributed by atoms with van der Waals surface area (Å²) in [5, 5.41) is 8.06. The highest BCUT2D eigenvalue weighted by Gasteiger charge is 2.28. The van der Waals surface area contributed by atoms with Crippen LogP contribution in [0.5, 0.6) is 0 Å². The number of pyridine rings is 1. The van der Waals surface area contributed by atoms with Crippen molar-refractivity contribution in [2.45, 2.75) is 23.8 Å². The molecule has 0 radical (unpaired) electrons. The lowest BCUT2D eigenvalue weighted by atomic mass is 9.93. The third-order valence-electron chi connectivity index (χ3n) is 5.68. The zero-order valence-corrected chi connectivity index (χ0v) is 18.4. The highest BCUT2D eigenvalue weighted by atomic mass is 32.2. The summed E-state index contributed by atoms with van der Waals surface area (Å²) in [6.07, 6.45) is 5.29. The van der Waals surface area contributed by atoms with E-state index in [0.29, 0.717) is 24.3 Å². The van der Waals surface area contributed by atoms with Crippen LogP contribution in [0.2, 0.25) is 0 Å². The van der Waals surface area contributed by atoms with E-state index in [1.807, 2.05) is 53.6 Å². The first kappa shape index (κ1) is 21.1. The summed E-state index contributed by atoms with van der Waals surface area (Å²) in [5.74, 6) is 0.123. The van der Waals surface area contributed by atoms with Crippen LogP contribution < -0.4 is 4.90 Å². The second-order valence-corrected chi connectivity index (χ2v) is 8.33. The Morgan fingerprint density at radius 3 is 2.58 bits per heavy atom. The van der Waals surface area contributed by atoms with Crippen LogP contribution in [0.4, 0.5) is 5.69 Å². The van der Waals surface area contributed by atoms with Gasteiger partial charge in [-0.2, -0.15) is 5.10 Å². The summed E-state index contributed by atoms with van der Waals surface area (Å²) < 4.78 is 0. The molecule has 0 unspecified atom stereocenters. The molecule has 1 aliphatic heterocycles. The molecule has 7 nitrogen and oxygen atoms in total. The van der Waals surface area contributed by atoms with Crippen LogP contribution in [0.15, 0.2) is 59.8 Å². The van der Waals surface area contributed by atoms with Crippen LogP contribution in [-0.4, -0.2) is 58.3 Å². The summed E-state index contributed by atoms with van der Waals surface area (Å²) in [5.41, 5.74) is 2.83. The predicted molar refractivity (Wildman–Crippen MR) is 122 cm³/mol. The predicted octanol–water partition coefficient (Wildman–Crippen LogP) is 3.82. The fraction of sp³-hybridized carbons (Fsp3) is 0.304. The van der Waals surface area contributed by atoms with Crippen molar-refractivity contribution in [2.24, 2.45) is 0 Å². The van der Waals surface area contributed by atoms with Gasteiger partial charge in [0.05, 0.1) is 5.56 Å². The third kappa shape index (κ3) is 4.49. The maximum Gasteiger partial charge on any atom is 0.278 e. The average molecular weight is 436 g/mol. The van der Waals surface area contributed by atoms with Crippen LogP contribution in [0.25, 0.3) is 0 Å². The Morgan fingerprint density at radius 1 is 1.13 bits per heavy atom. The van der Waals surface area contributed by atoms with Crippen molar-refractivity contribution >= 4 is 29.3 Å². The standard InChI is InChI=1S/C23H25N5O2S/c1-27(17-7-4-3-5-8-17)23(30)20-15-19(25-26-20)16-10-13-28(14-11-16)22(29)18-9-6-12-24-21(18)31-2/h3-9,12,15-16H,10-11,13-14H2,1-2H3,(H,25,26). The van der Waals surface area contributed by atoms with Crippen molar-refractivity contribution in [1.82, 2.24) is 20.1 Å². The van der Waals surface area contributed by atoms with E-state index in [1.54, 1.807) is 24.2 Å². The topological polar surface area (TPSA) is 82.2 Å². The molecule has 1 aromatic carbocycles. The molecule has 3 heterocycles. The van der Waals surface area contributed by atoms with Crippen LogP contribution in [0, 0.1) is 0 Å². The maximum atomic E-state index is 12.9. The van der Waals surface area contributed by atoms with Gasteiger partial charge in [-0.25, -0.2) is 4.98 Å². The van der Waals surface area contributed by atoms with Crippen LogP contribution in [-0.2, 0) is 0 Å². The van der Waals surface area contributed by atoms with Crippen LogP contribution in [0.1, 0.15) is 45.3 Å². The second kappa shape index (κ2) is 9.34. The van der Waals surface area contributed by atoms with Crippen molar-refractivity contribution < 1.29 is 9.59 Å². The average Bonchev–Trinajstić information content (AvgIpc) is 3.33. The Bertz CT molecular complexity index is 1060. The molecule has 0 bridgehead atoms. The summed E-state index contributed by atoms with van der Waals surface area (Å²) in [4.78, 5) is 33.5. The second-order valence-electron chi connectivity index (χ2n) is 7.53. The number of amides is 2. The molecule has 0 saturated carbocycles. The van der Waals surface area contributed by atoms with E-state index in [4.69, 9.17) is 0 Å². The number of anilines is 1. The zero-order valence-electron chi connectivity index (χ0n) is 17.6. The highest BCUT2D eigenvalue weighted by molar-refractivity contribution is 7.98. The van der Waals surface area contributed by atoms with Gasteiger partial charge < -0.3 is 9.80 Å². The molecule has 31 heavy (non-hydrogen) atoms. The van der Waals surface area contributed by atoms with E-state index >= 15 is 0 Å². The minimum atomic E-state index is -0.150. The lowest BCUT2D eigenvalue weighted by Crippen LogP contribution is -2.38. The van der Waals surface area contributed by atoms with E-state index in [-0.39, 0.29) is 17.7 Å². The summed E-state index contributed by atoms with van der Waals surface area (Å²) in [6, 6.07) is 15.0. The number of aromatic nitrogens is 3. The fourth-order valence-corrected chi connectivity index (χ4v) is 4.42. The molecule has 1 N–H and O–H groups in total. The minimum Gasteiger partial charge on any atom is -0.339 e. The first-order valence-corrected chi connectivity index (χ1v) is 11.5. The van der Waals surface area contributed by atoms with Crippen molar-refractivity contribution in [2.75, 3.05) is 31.3 Å². The monoisotopic (exact) mass is 435 g/mol. The number of nitrogens with zero attached hydrogens (tertiary/aromatic N) is 4. The van der Waals surface area contributed by atoms with Crippen LogP contribution in [0.3, 0.4) is 0 Å². The first-order valence-electron chi connectivity index (χ1n) is 10.2. The van der Waals surface area contributed by atoms with Gasteiger partial charge in [0.15, 0.2) is 5.69 Å². The molecule has 3 aromatic rings. The van der Waals surface area contributed by atoms with Gasteiger partial charge in [-0.15, -0.1) is 11.8 Å². The Hall–Kier alpha value is -3.13. The molecular formula is C23H25N5O2S. The number of benzene rings is 1. The van der Waals surface area contributed by atoms with Crippen LogP contribution >= 0.6 is 11.8 Å². The summed E-state index contributed by atoms with van der Waals surface area (Å²) in [7, 11) is 1.75. The first-order chi connectivity index (χ1) is 15.1. The van der Waals surface area contributed by atoms with Gasteiger partial charge in [0.25, 0.3) is 11.8 Å². The molecule has 1 saturated heterocycles. The molecule has 160 valence electrons. The number of nitrogens with one attached hydrogen (secondary N) is 1. The smallest absolute Gasteiger partial charge is 0.278 e. The SMILES string of the molecule is CSc1ncccc1C(=O)N1CCC(c2cc(C(=O)N(C)c3ccccc3)n[nH]2)CC1. The number of para-hydroxylation sites is 1. The van der Waals surface area contributed by atoms with Gasteiger partial charge >= 0.3 is 0 Å². The van der Waals surface area contributed by atoms with E-state index < -0.39 is 0 Å².